The Morgan fingerprint density at radius 1 is 1.55 bits per heavy atom. The van der Waals surface area contributed by atoms with Gasteiger partial charge < -0.3 is 15.0 Å². The van der Waals surface area contributed by atoms with Crippen molar-refractivity contribution in [2.24, 2.45) is 10.9 Å². The Labute approximate surface area is 139 Å². The molecule has 0 bridgehead atoms. The zero-order chi connectivity index (χ0) is 15.9. The predicted molar refractivity (Wildman–Crippen MR) is 90.5 cm³/mol. The highest BCUT2D eigenvalue weighted by Gasteiger charge is 2.24. The maximum atomic E-state index is 13.9. The molecule has 1 N–H and O–H groups in total. The lowest BCUT2D eigenvalue weighted by Crippen LogP contribution is -2.40. The van der Waals surface area contributed by atoms with E-state index in [4.69, 9.17) is 4.74 Å². The second-order valence-corrected chi connectivity index (χ2v) is 6.38. The van der Waals surface area contributed by atoms with Crippen molar-refractivity contribution in [1.82, 2.24) is 10.2 Å². The lowest BCUT2D eigenvalue weighted by atomic mass is 10.1. The second kappa shape index (κ2) is 8.48. The molecule has 1 saturated heterocycles. The molecule has 6 heteroatoms. The maximum Gasteiger partial charge on any atom is 0.194 e. The summed E-state index contributed by atoms with van der Waals surface area (Å²) in [7, 11) is 1.73. The molecule has 0 amide bonds. The molecule has 1 aromatic carbocycles. The van der Waals surface area contributed by atoms with Crippen molar-refractivity contribution < 1.29 is 9.13 Å². The van der Waals surface area contributed by atoms with Crippen molar-refractivity contribution >= 4 is 21.9 Å². The molecule has 0 radical (unpaired) electrons. The van der Waals surface area contributed by atoms with Gasteiger partial charge in [-0.1, -0.05) is 22.0 Å². The van der Waals surface area contributed by atoms with Crippen LogP contribution in [0.1, 0.15) is 18.9 Å². The van der Waals surface area contributed by atoms with E-state index in [1.165, 1.54) is 6.07 Å². The van der Waals surface area contributed by atoms with E-state index in [1.807, 2.05) is 13.0 Å². The van der Waals surface area contributed by atoms with Gasteiger partial charge in [-0.3, -0.25) is 0 Å². The minimum atomic E-state index is -0.229. The van der Waals surface area contributed by atoms with Crippen LogP contribution >= 0.6 is 15.9 Å². The van der Waals surface area contributed by atoms with Gasteiger partial charge in [0.1, 0.15) is 5.82 Å². The highest BCUT2D eigenvalue weighted by Crippen LogP contribution is 2.18. The van der Waals surface area contributed by atoms with Gasteiger partial charge in [-0.25, -0.2) is 9.38 Å². The highest BCUT2D eigenvalue weighted by molar-refractivity contribution is 9.10. The van der Waals surface area contributed by atoms with E-state index < -0.39 is 0 Å². The third kappa shape index (κ3) is 4.68. The monoisotopic (exact) mass is 371 g/mol. The van der Waals surface area contributed by atoms with Crippen LogP contribution in [0.4, 0.5) is 4.39 Å². The number of guanidine groups is 1. The molecule has 1 aromatic rings. The SMILES string of the molecule is CCNC(=NCc1ccc(Br)cc1F)N1CCC(COC)C1. The molecule has 0 aliphatic carbocycles. The van der Waals surface area contributed by atoms with Crippen molar-refractivity contribution in [2.45, 2.75) is 19.9 Å². The Morgan fingerprint density at radius 2 is 2.36 bits per heavy atom. The van der Waals surface area contributed by atoms with Crippen LogP contribution in [0.3, 0.4) is 0 Å². The molecule has 1 atom stereocenters. The molecule has 1 fully saturated rings. The summed E-state index contributed by atoms with van der Waals surface area (Å²) < 4.78 is 19.8. The number of methoxy groups -OCH3 is 1. The standard InChI is InChI=1S/C16H23BrFN3O/c1-3-19-16(21-7-6-12(10-21)11-22-2)20-9-13-4-5-14(17)8-15(13)18/h4-5,8,12H,3,6-7,9-11H2,1-2H3,(H,19,20). The first-order valence-electron chi connectivity index (χ1n) is 7.60. The Bertz CT molecular complexity index is 524. The van der Waals surface area contributed by atoms with Crippen LogP contribution in [-0.4, -0.2) is 44.2 Å². The van der Waals surface area contributed by atoms with E-state index in [2.05, 4.69) is 31.1 Å². The molecule has 22 heavy (non-hydrogen) atoms. The van der Waals surface area contributed by atoms with Gasteiger partial charge in [-0.05, 0) is 25.5 Å². The summed E-state index contributed by atoms with van der Waals surface area (Å²) in [4.78, 5) is 6.81. The van der Waals surface area contributed by atoms with Crippen molar-refractivity contribution in [3.63, 3.8) is 0 Å². The molecule has 2 rings (SSSR count). The summed E-state index contributed by atoms with van der Waals surface area (Å²) >= 11 is 3.27. The fourth-order valence-electron chi connectivity index (χ4n) is 2.63. The van der Waals surface area contributed by atoms with Gasteiger partial charge in [0.05, 0.1) is 13.2 Å². The molecule has 1 unspecified atom stereocenters. The number of ether oxygens (including phenoxy) is 1. The summed E-state index contributed by atoms with van der Waals surface area (Å²) in [5.74, 6) is 1.16. The number of likely N-dealkylation sites (tertiary alicyclic amines) is 1. The molecule has 0 spiro atoms. The Kier molecular flexibility index (Phi) is 6.64. The lowest BCUT2D eigenvalue weighted by Gasteiger charge is -2.21. The Hall–Kier alpha value is -1.14. The van der Waals surface area contributed by atoms with Crippen LogP contribution in [0.25, 0.3) is 0 Å². The highest BCUT2D eigenvalue weighted by atomic mass is 79.9. The van der Waals surface area contributed by atoms with E-state index in [1.54, 1.807) is 13.2 Å². The van der Waals surface area contributed by atoms with E-state index >= 15 is 0 Å². The van der Waals surface area contributed by atoms with Gasteiger partial charge in [0.25, 0.3) is 0 Å². The topological polar surface area (TPSA) is 36.9 Å². The van der Waals surface area contributed by atoms with Crippen LogP contribution in [0.2, 0.25) is 0 Å². The maximum absolute atomic E-state index is 13.9. The van der Waals surface area contributed by atoms with Crippen LogP contribution in [0, 0.1) is 11.7 Å². The van der Waals surface area contributed by atoms with Crippen molar-refractivity contribution in [3.05, 3.63) is 34.1 Å². The number of hydrogen-bond donors (Lipinski definition) is 1. The molecule has 4 nitrogen and oxygen atoms in total. The van der Waals surface area contributed by atoms with Gasteiger partial charge in [-0.2, -0.15) is 0 Å². The van der Waals surface area contributed by atoms with Crippen LogP contribution in [0.15, 0.2) is 27.7 Å². The molecular formula is C16H23BrFN3O. The van der Waals surface area contributed by atoms with E-state index in [-0.39, 0.29) is 5.82 Å². The van der Waals surface area contributed by atoms with Gasteiger partial charge in [0, 0.05) is 42.7 Å². The van der Waals surface area contributed by atoms with Crippen LogP contribution in [-0.2, 0) is 11.3 Å². The van der Waals surface area contributed by atoms with Gasteiger partial charge in [-0.15, -0.1) is 0 Å². The Morgan fingerprint density at radius 3 is 3.05 bits per heavy atom. The summed E-state index contributed by atoms with van der Waals surface area (Å²) in [6.07, 6.45) is 1.10. The zero-order valence-corrected chi connectivity index (χ0v) is 14.7. The molecular weight excluding hydrogens is 349 g/mol. The smallest absolute Gasteiger partial charge is 0.194 e. The van der Waals surface area contributed by atoms with E-state index in [0.717, 1.165) is 43.1 Å². The summed E-state index contributed by atoms with van der Waals surface area (Å²) in [6, 6.07) is 5.08. The molecule has 122 valence electrons. The lowest BCUT2D eigenvalue weighted by molar-refractivity contribution is 0.157. The summed E-state index contributed by atoms with van der Waals surface area (Å²) in [6.45, 7) is 5.85. The minimum absolute atomic E-state index is 0.229. The van der Waals surface area contributed by atoms with Crippen LogP contribution < -0.4 is 5.32 Å². The fraction of sp³-hybridized carbons (Fsp3) is 0.562. The number of rotatable bonds is 5. The Balaban J connectivity index is 2.04. The second-order valence-electron chi connectivity index (χ2n) is 5.46. The fourth-order valence-corrected chi connectivity index (χ4v) is 2.97. The van der Waals surface area contributed by atoms with E-state index in [0.29, 0.717) is 18.0 Å². The van der Waals surface area contributed by atoms with Gasteiger partial charge in [0.15, 0.2) is 5.96 Å². The minimum Gasteiger partial charge on any atom is -0.384 e. The molecule has 0 aromatic heterocycles. The average Bonchev–Trinajstić information content (AvgIpc) is 2.94. The number of nitrogens with zero attached hydrogens (tertiary/aromatic N) is 2. The number of aliphatic imine (C=N–C) groups is 1. The quantitative estimate of drug-likeness (QED) is 0.638. The van der Waals surface area contributed by atoms with Crippen molar-refractivity contribution in [2.75, 3.05) is 33.4 Å². The van der Waals surface area contributed by atoms with E-state index in [9.17, 15) is 4.39 Å². The van der Waals surface area contributed by atoms with Gasteiger partial charge in [0.2, 0.25) is 0 Å². The molecule has 0 saturated carbocycles. The molecule has 1 aliphatic heterocycles. The number of nitrogens with one attached hydrogen (secondary N) is 1. The summed E-state index contributed by atoms with van der Waals surface area (Å²) in [5.41, 5.74) is 0.603. The normalized spacial score (nSPS) is 18.8. The summed E-state index contributed by atoms with van der Waals surface area (Å²) in [5, 5.41) is 3.29. The van der Waals surface area contributed by atoms with Crippen molar-refractivity contribution in [3.8, 4) is 0 Å². The molecule has 1 aliphatic rings. The number of benzene rings is 1. The first kappa shape index (κ1) is 17.2. The third-order valence-electron chi connectivity index (χ3n) is 3.74. The molecule has 1 heterocycles. The number of hydrogen-bond acceptors (Lipinski definition) is 2. The average molecular weight is 372 g/mol. The van der Waals surface area contributed by atoms with Crippen LogP contribution in [0.5, 0.6) is 0 Å². The predicted octanol–water partition coefficient (Wildman–Crippen LogP) is 3.02. The van der Waals surface area contributed by atoms with Gasteiger partial charge >= 0.3 is 0 Å². The first-order chi connectivity index (χ1) is 10.6. The number of halogens is 2. The largest absolute Gasteiger partial charge is 0.384 e. The van der Waals surface area contributed by atoms with Crippen molar-refractivity contribution in [1.29, 1.82) is 0 Å². The first-order valence-corrected chi connectivity index (χ1v) is 8.39. The zero-order valence-electron chi connectivity index (χ0n) is 13.1. The third-order valence-corrected chi connectivity index (χ3v) is 4.23.